The number of alkyl carbamates (subject to hydrolysis) is 1. The highest BCUT2D eigenvalue weighted by atomic mass is 31.2. The van der Waals surface area contributed by atoms with E-state index in [4.69, 9.17) is 14.0 Å². The van der Waals surface area contributed by atoms with E-state index in [0.29, 0.717) is 5.75 Å². The summed E-state index contributed by atoms with van der Waals surface area (Å²) in [5, 5.41) is 5.36. The zero-order valence-corrected chi connectivity index (χ0v) is 19.8. The molecule has 32 heavy (non-hydrogen) atoms. The average molecular weight is 462 g/mol. The van der Waals surface area contributed by atoms with Gasteiger partial charge in [0.05, 0.1) is 12.8 Å². The highest BCUT2D eigenvalue weighted by molar-refractivity contribution is 7.57. The lowest BCUT2D eigenvalue weighted by Gasteiger charge is -2.25. The summed E-state index contributed by atoms with van der Waals surface area (Å²) in [6.07, 6.45) is -0.684. The van der Waals surface area contributed by atoms with E-state index in [-0.39, 0.29) is 25.9 Å². The number of carbonyl (C=O) groups excluding carboxylic acids is 2. The second-order valence-electron chi connectivity index (χ2n) is 7.30. The molecule has 0 radical (unpaired) electrons. The first-order valence-electron chi connectivity index (χ1n) is 10.5. The molecule has 2 unspecified atom stereocenters. The highest BCUT2D eigenvalue weighted by Gasteiger charge is 2.31. The predicted molar refractivity (Wildman–Crippen MR) is 123 cm³/mol. The molecule has 2 rings (SSSR count). The zero-order valence-electron chi connectivity index (χ0n) is 18.9. The molecule has 8 nitrogen and oxygen atoms in total. The van der Waals surface area contributed by atoms with Crippen LogP contribution in [0, 0.1) is 13.8 Å². The minimum atomic E-state index is -3.58. The van der Waals surface area contributed by atoms with Gasteiger partial charge in [0, 0.05) is 6.54 Å². The van der Waals surface area contributed by atoms with Gasteiger partial charge in [0.2, 0.25) is 0 Å². The number of aryl methyl sites for hydroxylation is 2. The minimum absolute atomic E-state index is 0.0262. The van der Waals surface area contributed by atoms with Gasteiger partial charge in [0.15, 0.2) is 0 Å². The predicted octanol–water partition coefficient (Wildman–Crippen LogP) is 4.34. The summed E-state index contributed by atoms with van der Waals surface area (Å²) < 4.78 is 29.7. The van der Waals surface area contributed by atoms with Crippen molar-refractivity contribution < 1.29 is 28.2 Å². The Morgan fingerprint density at radius 2 is 1.66 bits per heavy atom. The smallest absolute Gasteiger partial charge is 0.407 e. The van der Waals surface area contributed by atoms with Gasteiger partial charge >= 0.3 is 19.6 Å². The Hall–Kier alpha value is -2.83. The van der Waals surface area contributed by atoms with Crippen LogP contribution in [0.4, 0.5) is 4.79 Å². The van der Waals surface area contributed by atoms with Crippen LogP contribution in [0.15, 0.2) is 48.5 Å². The maximum atomic E-state index is 13.6. The number of ether oxygens (including phenoxy) is 2. The fourth-order valence-corrected chi connectivity index (χ4v) is 4.88. The van der Waals surface area contributed by atoms with Crippen LogP contribution in [0.25, 0.3) is 0 Å². The van der Waals surface area contributed by atoms with Crippen LogP contribution in [0.3, 0.4) is 0 Å². The van der Waals surface area contributed by atoms with Crippen molar-refractivity contribution in [2.45, 2.75) is 40.3 Å². The lowest BCUT2D eigenvalue weighted by molar-refractivity contribution is -0.144. The van der Waals surface area contributed by atoms with Gasteiger partial charge < -0.3 is 19.3 Å². The molecule has 0 spiro atoms. The average Bonchev–Trinajstić information content (AvgIpc) is 2.76. The summed E-state index contributed by atoms with van der Waals surface area (Å²) in [6, 6.07) is 14.0. The van der Waals surface area contributed by atoms with E-state index in [1.165, 1.54) is 0 Å². The van der Waals surface area contributed by atoms with E-state index >= 15 is 0 Å². The molecule has 0 aromatic heterocycles. The Labute approximate surface area is 189 Å². The third-order valence-corrected chi connectivity index (χ3v) is 6.64. The molecule has 0 aliphatic heterocycles. The van der Waals surface area contributed by atoms with Crippen molar-refractivity contribution in [3.63, 3.8) is 0 Å². The van der Waals surface area contributed by atoms with Crippen molar-refractivity contribution in [2.75, 3.05) is 19.3 Å². The molecule has 2 aromatic rings. The van der Waals surface area contributed by atoms with E-state index < -0.39 is 25.6 Å². The quantitative estimate of drug-likeness (QED) is 0.378. The Morgan fingerprint density at radius 1 is 1.00 bits per heavy atom. The van der Waals surface area contributed by atoms with E-state index in [0.717, 1.165) is 16.7 Å². The van der Waals surface area contributed by atoms with Gasteiger partial charge in [0.1, 0.15) is 18.4 Å². The van der Waals surface area contributed by atoms with Crippen molar-refractivity contribution in [2.24, 2.45) is 0 Å². The van der Waals surface area contributed by atoms with Crippen LogP contribution >= 0.6 is 7.52 Å². The molecule has 9 heteroatoms. The molecule has 0 aliphatic carbocycles. The molecule has 2 aromatic carbocycles. The first-order valence-corrected chi connectivity index (χ1v) is 12.3. The van der Waals surface area contributed by atoms with Gasteiger partial charge in [-0.25, -0.2) is 9.88 Å². The summed E-state index contributed by atoms with van der Waals surface area (Å²) in [4.78, 5) is 24.1. The number of nitrogens with one attached hydrogen (secondary N) is 2. The van der Waals surface area contributed by atoms with E-state index in [1.54, 1.807) is 13.8 Å². The van der Waals surface area contributed by atoms with Crippen LogP contribution in [0.5, 0.6) is 5.75 Å². The van der Waals surface area contributed by atoms with Gasteiger partial charge in [-0.1, -0.05) is 48.5 Å². The standard InChI is InChI=1S/C23H31N2O6P/c1-5-29-22(26)19(4)25-32(28,31-21-17(2)10-9-11-18(21)3)15-14-24-23(27)30-16-20-12-7-6-8-13-20/h6-13,19H,5,14-16H2,1-4H3,(H,24,27)(H,25,28). The number of para-hydroxylation sites is 1. The minimum Gasteiger partial charge on any atom is -0.465 e. The number of esters is 1. The fraction of sp³-hybridized carbons (Fsp3) is 0.391. The molecule has 0 aliphatic rings. The number of hydrogen-bond acceptors (Lipinski definition) is 6. The van der Waals surface area contributed by atoms with Gasteiger partial charge in [-0.15, -0.1) is 0 Å². The SMILES string of the molecule is CCOC(=O)C(C)NP(=O)(CCNC(=O)OCc1ccccc1)Oc1c(C)cccc1C. The first-order chi connectivity index (χ1) is 15.2. The molecule has 0 saturated carbocycles. The van der Waals surface area contributed by atoms with Gasteiger partial charge in [-0.05, 0) is 44.4 Å². The number of benzene rings is 2. The summed E-state index contributed by atoms with van der Waals surface area (Å²) in [6.45, 7) is 7.31. The number of carbonyl (C=O) groups is 2. The summed E-state index contributed by atoms with van der Waals surface area (Å²) in [7, 11) is -3.58. The molecule has 0 bridgehead atoms. The molecule has 0 fully saturated rings. The van der Waals surface area contributed by atoms with E-state index in [1.807, 2.05) is 62.4 Å². The molecule has 2 N–H and O–H groups in total. The molecule has 2 atom stereocenters. The van der Waals surface area contributed by atoms with Crippen LogP contribution in [-0.4, -0.2) is 37.4 Å². The number of rotatable bonds is 11. The molecule has 0 saturated heterocycles. The first kappa shape index (κ1) is 25.4. The Kier molecular flexibility index (Phi) is 9.75. The summed E-state index contributed by atoms with van der Waals surface area (Å²) in [5.74, 6) is -0.0564. The molecular weight excluding hydrogens is 431 g/mol. The zero-order chi connectivity index (χ0) is 23.6. The molecule has 0 heterocycles. The van der Waals surface area contributed by atoms with Crippen molar-refractivity contribution in [1.82, 2.24) is 10.4 Å². The van der Waals surface area contributed by atoms with Gasteiger partial charge in [0.25, 0.3) is 0 Å². The lowest BCUT2D eigenvalue weighted by atomic mass is 10.1. The number of amides is 1. The molecule has 174 valence electrons. The Balaban J connectivity index is 2.02. The molecule has 1 amide bonds. The normalized spacial score (nSPS) is 13.5. The van der Waals surface area contributed by atoms with E-state index in [9.17, 15) is 14.2 Å². The van der Waals surface area contributed by atoms with Crippen LogP contribution in [-0.2, 0) is 25.4 Å². The molecular formula is C23H31N2O6P. The summed E-state index contributed by atoms with van der Waals surface area (Å²) >= 11 is 0. The topological polar surface area (TPSA) is 103 Å². The highest BCUT2D eigenvalue weighted by Crippen LogP contribution is 2.45. The third-order valence-electron chi connectivity index (χ3n) is 4.57. The maximum Gasteiger partial charge on any atom is 0.407 e. The third kappa shape index (κ3) is 8.02. The Morgan fingerprint density at radius 3 is 2.28 bits per heavy atom. The maximum absolute atomic E-state index is 13.6. The van der Waals surface area contributed by atoms with Crippen molar-refractivity contribution >= 4 is 19.6 Å². The van der Waals surface area contributed by atoms with Crippen LogP contribution in [0.1, 0.15) is 30.5 Å². The summed E-state index contributed by atoms with van der Waals surface area (Å²) in [5.41, 5.74) is 2.48. The van der Waals surface area contributed by atoms with Crippen LogP contribution in [0.2, 0.25) is 0 Å². The van der Waals surface area contributed by atoms with E-state index in [2.05, 4.69) is 10.4 Å². The van der Waals surface area contributed by atoms with Crippen molar-refractivity contribution in [3.05, 3.63) is 65.2 Å². The van der Waals surface area contributed by atoms with Gasteiger partial charge in [-0.2, -0.15) is 0 Å². The second kappa shape index (κ2) is 12.3. The second-order valence-corrected chi connectivity index (χ2v) is 9.54. The monoisotopic (exact) mass is 462 g/mol. The van der Waals surface area contributed by atoms with Crippen molar-refractivity contribution in [1.29, 1.82) is 0 Å². The fourth-order valence-electron chi connectivity index (χ4n) is 2.92. The largest absolute Gasteiger partial charge is 0.465 e. The number of hydrogen-bond donors (Lipinski definition) is 2. The van der Waals surface area contributed by atoms with Crippen LogP contribution < -0.4 is 14.9 Å². The Bertz CT molecular complexity index is 931. The van der Waals surface area contributed by atoms with Gasteiger partial charge in [-0.3, -0.25) is 9.36 Å². The van der Waals surface area contributed by atoms with Crippen molar-refractivity contribution in [3.8, 4) is 5.75 Å². The lowest BCUT2D eigenvalue weighted by Crippen LogP contribution is -2.37.